The van der Waals surface area contributed by atoms with Gasteiger partial charge in [-0.05, 0) is 17.7 Å². The van der Waals surface area contributed by atoms with Gasteiger partial charge < -0.3 is 20.1 Å². The van der Waals surface area contributed by atoms with E-state index in [4.69, 9.17) is 11.5 Å². The van der Waals surface area contributed by atoms with Crippen LogP contribution in [0.3, 0.4) is 0 Å². The average molecular weight is 236 g/mol. The van der Waals surface area contributed by atoms with Gasteiger partial charge in [-0.3, -0.25) is 0 Å². The van der Waals surface area contributed by atoms with Crippen LogP contribution in [0.4, 0.5) is 0 Å². The first kappa shape index (κ1) is 12.9. The van der Waals surface area contributed by atoms with E-state index in [0.717, 1.165) is 0 Å². The third-order valence-corrected chi connectivity index (χ3v) is 2.04. The Morgan fingerprint density at radius 2 is 2.12 bits per heavy atom. The van der Waals surface area contributed by atoms with E-state index in [1.807, 2.05) is 0 Å². The molecule has 0 fully saturated rings. The third kappa shape index (κ3) is 3.70. The lowest BCUT2D eigenvalue weighted by Crippen LogP contribution is -2.25. The highest BCUT2D eigenvalue weighted by atomic mass is 16.5. The van der Waals surface area contributed by atoms with Crippen LogP contribution in [0.1, 0.15) is 5.56 Å². The zero-order chi connectivity index (χ0) is 12.8. The minimum absolute atomic E-state index is 0.0305. The summed E-state index contributed by atoms with van der Waals surface area (Å²) in [6.45, 7) is -0.198. The van der Waals surface area contributed by atoms with Crippen molar-refractivity contribution in [2.75, 3.05) is 6.61 Å². The van der Waals surface area contributed by atoms with Crippen LogP contribution in [0.5, 0.6) is 11.5 Å². The number of terminal acetylenes is 1. The van der Waals surface area contributed by atoms with Crippen LogP contribution in [0.15, 0.2) is 18.2 Å². The van der Waals surface area contributed by atoms with Crippen LogP contribution in [-0.4, -0.2) is 34.0 Å². The standard InChI is InChI=1S/C12H12O5/c1-2-5-17-12(16)11(15)7-8-3-4-9(13)10(14)6-8/h1,3-4,6,11,13-15H,5,7H2. The number of carbonyl (C=O) groups excluding carboxylic acids is 1. The fourth-order valence-corrected chi connectivity index (χ4v) is 1.21. The molecule has 0 saturated heterocycles. The molecule has 17 heavy (non-hydrogen) atoms. The highest BCUT2D eigenvalue weighted by molar-refractivity contribution is 5.75. The number of rotatable bonds is 4. The van der Waals surface area contributed by atoms with Crippen molar-refractivity contribution in [2.24, 2.45) is 0 Å². The minimum Gasteiger partial charge on any atom is -0.504 e. The lowest BCUT2D eigenvalue weighted by Gasteiger charge is -2.09. The summed E-state index contributed by atoms with van der Waals surface area (Å²) < 4.78 is 4.54. The summed E-state index contributed by atoms with van der Waals surface area (Å²) in [6, 6.07) is 4.00. The molecule has 0 saturated carbocycles. The predicted octanol–water partition coefficient (Wildman–Crippen LogP) is 0.178. The molecule has 90 valence electrons. The molecule has 5 nitrogen and oxygen atoms in total. The quantitative estimate of drug-likeness (QED) is 0.394. The second-order valence-corrected chi connectivity index (χ2v) is 3.35. The van der Waals surface area contributed by atoms with Gasteiger partial charge in [0.1, 0.15) is 0 Å². The fraction of sp³-hybridized carbons (Fsp3) is 0.250. The molecule has 1 rings (SSSR count). The zero-order valence-corrected chi connectivity index (χ0v) is 8.96. The summed E-state index contributed by atoms with van der Waals surface area (Å²) in [5, 5.41) is 27.8. The molecule has 5 heteroatoms. The van der Waals surface area contributed by atoms with Crippen molar-refractivity contribution in [3.63, 3.8) is 0 Å². The molecule has 3 N–H and O–H groups in total. The highest BCUT2D eigenvalue weighted by Gasteiger charge is 2.17. The number of phenolic OH excluding ortho intramolecular Hbond substituents is 2. The Morgan fingerprint density at radius 3 is 2.71 bits per heavy atom. The highest BCUT2D eigenvalue weighted by Crippen LogP contribution is 2.25. The van der Waals surface area contributed by atoms with Crippen LogP contribution in [0.2, 0.25) is 0 Å². The van der Waals surface area contributed by atoms with E-state index in [1.165, 1.54) is 18.2 Å². The average Bonchev–Trinajstić information content (AvgIpc) is 2.30. The minimum atomic E-state index is -1.35. The molecule has 1 aromatic rings. The van der Waals surface area contributed by atoms with Gasteiger partial charge in [-0.15, -0.1) is 6.42 Å². The summed E-state index contributed by atoms with van der Waals surface area (Å²) >= 11 is 0. The molecule has 0 aliphatic heterocycles. The van der Waals surface area contributed by atoms with Crippen molar-refractivity contribution < 1.29 is 24.9 Å². The molecule has 0 radical (unpaired) electrons. The van der Waals surface area contributed by atoms with Crippen LogP contribution in [-0.2, 0) is 16.0 Å². The van der Waals surface area contributed by atoms with Crippen molar-refractivity contribution in [1.29, 1.82) is 0 Å². The fourth-order valence-electron chi connectivity index (χ4n) is 1.21. The van der Waals surface area contributed by atoms with E-state index < -0.39 is 12.1 Å². The van der Waals surface area contributed by atoms with Gasteiger partial charge in [0, 0.05) is 6.42 Å². The summed E-state index contributed by atoms with van der Waals surface area (Å²) in [5.74, 6) is 0.704. The molecule has 1 aromatic carbocycles. The number of hydrogen-bond acceptors (Lipinski definition) is 5. The van der Waals surface area contributed by atoms with E-state index >= 15 is 0 Å². The van der Waals surface area contributed by atoms with E-state index in [2.05, 4.69) is 10.7 Å². The molecule has 0 heterocycles. The maximum atomic E-state index is 11.2. The Labute approximate surface area is 98.3 Å². The Morgan fingerprint density at radius 1 is 1.41 bits per heavy atom. The number of aromatic hydroxyl groups is 2. The molecule has 0 aliphatic carbocycles. The Kier molecular flexibility index (Phi) is 4.37. The van der Waals surface area contributed by atoms with Gasteiger partial charge in [-0.1, -0.05) is 12.0 Å². The van der Waals surface area contributed by atoms with Gasteiger partial charge in [-0.2, -0.15) is 0 Å². The number of hydrogen-bond donors (Lipinski definition) is 3. The largest absolute Gasteiger partial charge is 0.504 e. The van der Waals surface area contributed by atoms with Crippen LogP contribution < -0.4 is 0 Å². The van der Waals surface area contributed by atoms with Gasteiger partial charge >= 0.3 is 5.97 Å². The molecule has 0 aromatic heterocycles. The first-order chi connectivity index (χ1) is 8.04. The van der Waals surface area contributed by atoms with Gasteiger partial charge in [0.15, 0.2) is 24.2 Å². The topological polar surface area (TPSA) is 87.0 Å². The van der Waals surface area contributed by atoms with Crippen molar-refractivity contribution in [3.8, 4) is 23.8 Å². The first-order valence-corrected chi connectivity index (χ1v) is 4.83. The maximum Gasteiger partial charge on any atom is 0.336 e. The lowest BCUT2D eigenvalue weighted by atomic mass is 10.1. The van der Waals surface area contributed by atoms with Crippen molar-refractivity contribution in [1.82, 2.24) is 0 Å². The summed E-state index contributed by atoms with van der Waals surface area (Å²) in [4.78, 5) is 11.2. The van der Waals surface area contributed by atoms with Crippen LogP contribution >= 0.6 is 0 Å². The number of esters is 1. The normalized spacial score (nSPS) is 11.5. The molecule has 0 bridgehead atoms. The predicted molar refractivity (Wildman–Crippen MR) is 59.3 cm³/mol. The molecular formula is C12H12O5. The number of phenols is 2. The maximum absolute atomic E-state index is 11.2. The number of aliphatic hydroxyl groups excluding tert-OH is 1. The summed E-state index contributed by atoms with van der Waals surface area (Å²) in [7, 11) is 0. The third-order valence-electron chi connectivity index (χ3n) is 2.04. The second-order valence-electron chi connectivity index (χ2n) is 3.35. The Hall–Kier alpha value is -2.19. The zero-order valence-electron chi connectivity index (χ0n) is 8.96. The van der Waals surface area contributed by atoms with Gasteiger partial charge in [0.05, 0.1) is 0 Å². The number of benzene rings is 1. The Balaban J connectivity index is 2.62. The van der Waals surface area contributed by atoms with Gasteiger partial charge in [-0.25, -0.2) is 4.79 Å². The Bertz CT molecular complexity index is 447. The molecule has 0 aliphatic rings. The van der Waals surface area contributed by atoms with Gasteiger partial charge in [0.2, 0.25) is 0 Å². The lowest BCUT2D eigenvalue weighted by molar-refractivity contribution is -0.151. The summed E-state index contributed by atoms with van der Waals surface area (Å²) in [6.07, 6.45) is 3.51. The SMILES string of the molecule is C#CCOC(=O)C(O)Cc1ccc(O)c(O)c1. The van der Waals surface area contributed by atoms with E-state index in [9.17, 15) is 15.0 Å². The molecule has 0 amide bonds. The number of carbonyl (C=O) groups is 1. The van der Waals surface area contributed by atoms with Crippen molar-refractivity contribution in [3.05, 3.63) is 23.8 Å². The van der Waals surface area contributed by atoms with Crippen LogP contribution in [0, 0.1) is 12.3 Å². The monoisotopic (exact) mass is 236 g/mol. The smallest absolute Gasteiger partial charge is 0.336 e. The van der Waals surface area contributed by atoms with Crippen molar-refractivity contribution >= 4 is 5.97 Å². The molecule has 1 atom stereocenters. The number of aliphatic hydroxyl groups is 1. The summed E-state index contributed by atoms with van der Waals surface area (Å²) in [5.41, 5.74) is 0.491. The molecule has 0 spiro atoms. The van der Waals surface area contributed by atoms with Gasteiger partial charge in [0.25, 0.3) is 0 Å². The van der Waals surface area contributed by atoms with E-state index in [-0.39, 0.29) is 24.5 Å². The van der Waals surface area contributed by atoms with E-state index in [0.29, 0.717) is 5.56 Å². The number of ether oxygens (including phenoxy) is 1. The van der Waals surface area contributed by atoms with E-state index in [1.54, 1.807) is 0 Å². The molecule has 1 unspecified atom stereocenters. The molecular weight excluding hydrogens is 224 g/mol. The first-order valence-electron chi connectivity index (χ1n) is 4.83. The second kappa shape index (κ2) is 5.77. The van der Waals surface area contributed by atoms with Crippen LogP contribution in [0.25, 0.3) is 0 Å². The van der Waals surface area contributed by atoms with Crippen molar-refractivity contribution in [2.45, 2.75) is 12.5 Å².